The molecule has 0 radical (unpaired) electrons. The summed E-state index contributed by atoms with van der Waals surface area (Å²) in [7, 11) is 0. The fourth-order valence-corrected chi connectivity index (χ4v) is 5.08. The number of hydrogen-bond acceptors (Lipinski definition) is 4. The van der Waals surface area contributed by atoms with Crippen molar-refractivity contribution in [2.75, 3.05) is 6.54 Å². The number of rotatable bonds is 7. The van der Waals surface area contributed by atoms with E-state index in [0.29, 0.717) is 37.4 Å². The molecular formula is C30H30N2O3. The van der Waals surface area contributed by atoms with Gasteiger partial charge in [0.15, 0.2) is 6.10 Å². The molecule has 0 unspecified atom stereocenters. The van der Waals surface area contributed by atoms with Crippen LogP contribution in [0.4, 0.5) is 0 Å². The molecule has 1 atom stereocenters. The molecule has 0 bridgehead atoms. The highest BCUT2D eigenvalue weighted by Gasteiger charge is 2.33. The summed E-state index contributed by atoms with van der Waals surface area (Å²) in [6.07, 6.45) is 4.53. The van der Waals surface area contributed by atoms with E-state index in [1.54, 1.807) is 6.07 Å². The molecule has 1 heterocycles. The molecule has 3 aromatic carbocycles. The van der Waals surface area contributed by atoms with Crippen LogP contribution in [0.1, 0.15) is 59.6 Å². The highest BCUT2D eigenvalue weighted by Crippen LogP contribution is 2.35. The normalized spacial score (nSPS) is 16.4. The van der Waals surface area contributed by atoms with Crippen molar-refractivity contribution in [1.29, 1.82) is 5.26 Å². The van der Waals surface area contributed by atoms with Crippen LogP contribution in [0.2, 0.25) is 0 Å². The molecule has 1 saturated carbocycles. The van der Waals surface area contributed by atoms with E-state index < -0.39 is 6.10 Å². The van der Waals surface area contributed by atoms with E-state index in [9.17, 15) is 10.1 Å². The van der Waals surface area contributed by atoms with E-state index in [0.717, 1.165) is 47.9 Å². The van der Waals surface area contributed by atoms with Crippen LogP contribution in [-0.2, 0) is 29.1 Å². The lowest BCUT2D eigenvalue weighted by atomic mass is 9.95. The minimum Gasteiger partial charge on any atom is -0.487 e. The Bertz CT molecular complexity index is 1200. The molecule has 0 aromatic heterocycles. The number of fused-ring (bicyclic) bond motifs is 1. The van der Waals surface area contributed by atoms with Crippen LogP contribution in [0.15, 0.2) is 72.8 Å². The Kier molecular flexibility index (Phi) is 7.11. The predicted octanol–water partition coefficient (Wildman–Crippen LogP) is 5.72. The zero-order valence-electron chi connectivity index (χ0n) is 19.9. The van der Waals surface area contributed by atoms with Crippen molar-refractivity contribution in [3.63, 3.8) is 0 Å². The van der Waals surface area contributed by atoms with Gasteiger partial charge in [0.05, 0.1) is 11.7 Å². The van der Waals surface area contributed by atoms with Crippen LogP contribution >= 0.6 is 0 Å². The van der Waals surface area contributed by atoms with Crippen molar-refractivity contribution < 1.29 is 14.3 Å². The topological polar surface area (TPSA) is 62.6 Å². The van der Waals surface area contributed by atoms with Crippen molar-refractivity contribution in [3.05, 3.63) is 101 Å². The fraction of sp³-hybridized carbons (Fsp3) is 0.333. The van der Waals surface area contributed by atoms with Crippen molar-refractivity contribution in [3.8, 4) is 11.8 Å². The minimum absolute atomic E-state index is 0.00450. The highest BCUT2D eigenvalue weighted by atomic mass is 16.5. The van der Waals surface area contributed by atoms with E-state index in [1.807, 2.05) is 71.6 Å². The molecule has 0 saturated heterocycles. The van der Waals surface area contributed by atoms with Gasteiger partial charge in [-0.25, -0.2) is 0 Å². The Morgan fingerprint density at radius 3 is 2.43 bits per heavy atom. The molecule has 2 aliphatic rings. The zero-order valence-corrected chi connectivity index (χ0v) is 19.9. The molecule has 5 nitrogen and oxygen atoms in total. The van der Waals surface area contributed by atoms with Gasteiger partial charge in [-0.1, -0.05) is 79.6 Å². The number of nitrogens with zero attached hydrogens (tertiary/aromatic N) is 2. The number of benzene rings is 3. The van der Waals surface area contributed by atoms with E-state index in [2.05, 4.69) is 6.07 Å². The zero-order chi connectivity index (χ0) is 24.0. The number of nitriles is 1. The molecule has 3 aromatic rings. The summed E-state index contributed by atoms with van der Waals surface area (Å²) in [6.45, 7) is 1.46. The largest absolute Gasteiger partial charge is 0.487 e. The quantitative estimate of drug-likeness (QED) is 0.447. The Morgan fingerprint density at radius 2 is 1.71 bits per heavy atom. The summed E-state index contributed by atoms with van der Waals surface area (Å²) in [5.74, 6) is 0.646. The first-order valence-electron chi connectivity index (χ1n) is 12.4. The molecule has 0 N–H and O–H groups in total. The lowest BCUT2D eigenvalue weighted by Crippen LogP contribution is -2.40. The van der Waals surface area contributed by atoms with Gasteiger partial charge in [0, 0.05) is 18.7 Å². The molecule has 1 fully saturated rings. The van der Waals surface area contributed by atoms with Crippen molar-refractivity contribution in [2.45, 2.75) is 57.5 Å². The van der Waals surface area contributed by atoms with E-state index >= 15 is 0 Å². The smallest absolute Gasteiger partial charge is 0.256 e. The molecule has 178 valence electrons. The lowest BCUT2D eigenvalue weighted by Gasteiger charge is -2.33. The Hall–Kier alpha value is -3.62. The molecule has 5 rings (SSSR count). The summed E-state index contributed by atoms with van der Waals surface area (Å²) in [6, 6.07) is 25.8. The molecule has 35 heavy (non-hydrogen) atoms. The average Bonchev–Trinajstić information content (AvgIpc) is 3.44. The summed E-state index contributed by atoms with van der Waals surface area (Å²) in [4.78, 5) is 15.6. The molecule has 1 amide bonds. The standard InChI is InChI=1S/C30H30N2O3/c31-19-24-15-16-25-20-32(18-17-27(25)28(24)34-21-22-9-3-1-4-10-22)30(33)29(23-11-5-2-6-12-23)35-26-13-7-8-14-26/h1-6,9-12,15-16,26,29H,7-8,13-14,17-18,20-21H2/t29-/m0/s1. The summed E-state index contributed by atoms with van der Waals surface area (Å²) < 4.78 is 12.6. The van der Waals surface area contributed by atoms with Gasteiger partial charge in [0.1, 0.15) is 18.4 Å². The van der Waals surface area contributed by atoms with Crippen molar-refractivity contribution in [1.82, 2.24) is 4.90 Å². The van der Waals surface area contributed by atoms with Gasteiger partial charge < -0.3 is 14.4 Å². The Balaban J connectivity index is 1.36. The minimum atomic E-state index is -0.590. The summed E-state index contributed by atoms with van der Waals surface area (Å²) >= 11 is 0. The van der Waals surface area contributed by atoms with Crippen LogP contribution in [0.25, 0.3) is 0 Å². The number of carbonyl (C=O) groups is 1. The third-order valence-corrected chi connectivity index (χ3v) is 6.97. The number of carbonyl (C=O) groups excluding carboxylic acids is 1. The first-order valence-corrected chi connectivity index (χ1v) is 12.4. The van der Waals surface area contributed by atoms with E-state index in [-0.39, 0.29) is 12.0 Å². The third kappa shape index (κ3) is 5.23. The highest BCUT2D eigenvalue weighted by molar-refractivity contribution is 5.82. The predicted molar refractivity (Wildman–Crippen MR) is 134 cm³/mol. The van der Waals surface area contributed by atoms with Gasteiger partial charge in [0.2, 0.25) is 0 Å². The Labute approximate surface area is 206 Å². The molecule has 1 aliphatic heterocycles. The van der Waals surface area contributed by atoms with Gasteiger partial charge in [-0.05, 0) is 42.0 Å². The maximum atomic E-state index is 13.7. The number of ether oxygens (including phenoxy) is 2. The van der Waals surface area contributed by atoms with Crippen LogP contribution in [0.5, 0.6) is 5.75 Å². The average molecular weight is 467 g/mol. The second kappa shape index (κ2) is 10.8. The van der Waals surface area contributed by atoms with Crippen LogP contribution < -0.4 is 4.74 Å². The third-order valence-electron chi connectivity index (χ3n) is 6.97. The van der Waals surface area contributed by atoms with Crippen molar-refractivity contribution >= 4 is 5.91 Å². The number of hydrogen-bond donors (Lipinski definition) is 0. The molecule has 5 heteroatoms. The van der Waals surface area contributed by atoms with Crippen LogP contribution in [0.3, 0.4) is 0 Å². The second-order valence-electron chi connectivity index (χ2n) is 9.31. The van der Waals surface area contributed by atoms with Crippen LogP contribution in [0, 0.1) is 11.3 Å². The summed E-state index contributed by atoms with van der Waals surface area (Å²) in [5, 5.41) is 9.68. The SMILES string of the molecule is N#Cc1ccc2c(c1OCc1ccccc1)CCN(C(=O)[C@@H](OC1CCCC1)c1ccccc1)C2. The monoisotopic (exact) mass is 466 g/mol. The van der Waals surface area contributed by atoms with E-state index in [4.69, 9.17) is 9.47 Å². The van der Waals surface area contributed by atoms with Gasteiger partial charge in [-0.15, -0.1) is 0 Å². The van der Waals surface area contributed by atoms with Crippen molar-refractivity contribution in [2.24, 2.45) is 0 Å². The molecule has 1 aliphatic carbocycles. The van der Waals surface area contributed by atoms with E-state index in [1.165, 1.54) is 0 Å². The molecule has 0 spiro atoms. The Morgan fingerprint density at radius 1 is 1.00 bits per heavy atom. The fourth-order valence-electron chi connectivity index (χ4n) is 5.08. The van der Waals surface area contributed by atoms with Gasteiger partial charge >= 0.3 is 0 Å². The second-order valence-corrected chi connectivity index (χ2v) is 9.31. The first-order chi connectivity index (χ1) is 17.2. The summed E-state index contributed by atoms with van der Waals surface area (Å²) in [5.41, 5.74) is 4.54. The van der Waals surface area contributed by atoms with Gasteiger partial charge in [-0.2, -0.15) is 5.26 Å². The lowest BCUT2D eigenvalue weighted by molar-refractivity contribution is -0.149. The van der Waals surface area contributed by atoms with Gasteiger partial charge in [0.25, 0.3) is 5.91 Å². The van der Waals surface area contributed by atoms with Crippen LogP contribution in [-0.4, -0.2) is 23.5 Å². The van der Waals surface area contributed by atoms with Gasteiger partial charge in [-0.3, -0.25) is 4.79 Å². The maximum Gasteiger partial charge on any atom is 0.256 e. The first kappa shape index (κ1) is 23.1. The maximum absolute atomic E-state index is 13.7. The molecular weight excluding hydrogens is 436 g/mol. The number of amides is 1.